The van der Waals surface area contributed by atoms with Crippen LogP contribution in [0.25, 0.3) is 11.1 Å². The normalized spacial score (nSPS) is 16.1. The number of rotatable bonds is 0. The first kappa shape index (κ1) is 8.81. The van der Waals surface area contributed by atoms with Gasteiger partial charge in [0, 0.05) is 22.4 Å². The lowest BCUT2D eigenvalue weighted by Crippen LogP contribution is -2.12. The predicted octanol–water partition coefficient (Wildman–Crippen LogP) is 2.21. The highest BCUT2D eigenvalue weighted by Gasteiger charge is 2.27. The van der Waals surface area contributed by atoms with E-state index >= 15 is 0 Å². The van der Waals surface area contributed by atoms with Crippen LogP contribution in [0.5, 0.6) is 0 Å². The monoisotopic (exact) mass is 189 g/mol. The van der Waals surface area contributed by atoms with Crippen molar-refractivity contribution in [2.75, 3.05) is 0 Å². The number of carbonyl (C=O) groups excluding carboxylic acids is 1. The highest BCUT2D eigenvalue weighted by atomic mass is 16.3. The van der Waals surface area contributed by atoms with Crippen LogP contribution in [0.4, 0.5) is 0 Å². The summed E-state index contributed by atoms with van der Waals surface area (Å²) < 4.78 is 0. The van der Waals surface area contributed by atoms with Gasteiger partial charge in [-0.1, -0.05) is 6.58 Å². The minimum absolute atomic E-state index is 0.204. The Balaban J connectivity index is 2.76. The van der Waals surface area contributed by atoms with Gasteiger partial charge in [-0.3, -0.25) is 4.79 Å². The first-order valence-electron chi connectivity index (χ1n) is 4.36. The van der Waals surface area contributed by atoms with Crippen LogP contribution in [0.2, 0.25) is 0 Å². The Hall–Kier alpha value is -1.77. The van der Waals surface area contributed by atoms with Crippen LogP contribution in [-0.2, 0) is 4.79 Å². The van der Waals surface area contributed by atoms with E-state index in [-0.39, 0.29) is 11.5 Å². The van der Waals surface area contributed by atoms with E-state index < -0.39 is 0 Å². The van der Waals surface area contributed by atoms with Gasteiger partial charge in [0.25, 0.3) is 0 Å². The molecule has 1 aliphatic rings. The van der Waals surface area contributed by atoms with Gasteiger partial charge in [-0.2, -0.15) is 0 Å². The number of ketones is 1. The van der Waals surface area contributed by atoms with E-state index in [2.05, 4.69) is 11.6 Å². The van der Waals surface area contributed by atoms with Gasteiger partial charge in [0.1, 0.15) is 0 Å². The third-order valence-corrected chi connectivity index (χ3v) is 2.50. The second kappa shape index (κ2) is 2.61. The van der Waals surface area contributed by atoms with Crippen LogP contribution in [0, 0.1) is 6.92 Å². The molecule has 0 saturated heterocycles. The molecule has 3 nitrogen and oxygen atoms in total. The summed E-state index contributed by atoms with van der Waals surface area (Å²) in [5.41, 5.74) is 3.49. The number of allylic oxidation sites excluding steroid dienone is 2. The third-order valence-electron chi connectivity index (χ3n) is 2.50. The highest BCUT2D eigenvalue weighted by Crippen LogP contribution is 2.33. The SMILES string of the molecule is C=C1C(=O)C(O)=C(C)c2[nH]c(C)cc21. The first-order chi connectivity index (χ1) is 6.52. The second-order valence-corrected chi connectivity index (χ2v) is 3.52. The van der Waals surface area contributed by atoms with Gasteiger partial charge in [-0.15, -0.1) is 0 Å². The Kier molecular flexibility index (Phi) is 1.64. The molecule has 14 heavy (non-hydrogen) atoms. The van der Waals surface area contributed by atoms with Crippen LogP contribution in [0.15, 0.2) is 18.4 Å². The molecule has 0 bridgehead atoms. The fourth-order valence-electron chi connectivity index (χ4n) is 1.68. The molecule has 0 fully saturated rings. The molecule has 1 heterocycles. The predicted molar refractivity (Wildman–Crippen MR) is 54.8 cm³/mol. The summed E-state index contributed by atoms with van der Waals surface area (Å²) in [6.45, 7) is 7.29. The highest BCUT2D eigenvalue weighted by molar-refractivity contribution is 6.31. The minimum atomic E-state index is -0.381. The molecule has 0 spiro atoms. The van der Waals surface area contributed by atoms with Crippen LogP contribution < -0.4 is 0 Å². The lowest BCUT2D eigenvalue weighted by atomic mass is 9.92. The minimum Gasteiger partial charge on any atom is -0.504 e. The van der Waals surface area contributed by atoms with Crippen molar-refractivity contribution in [3.8, 4) is 0 Å². The lowest BCUT2D eigenvalue weighted by Gasteiger charge is -2.14. The summed E-state index contributed by atoms with van der Waals surface area (Å²) in [6, 6.07) is 1.87. The maximum atomic E-state index is 11.5. The number of aromatic nitrogens is 1. The number of aliphatic hydroxyl groups is 1. The standard InChI is InChI=1S/C11H11NO2/c1-5-4-8-6(2)10(13)11(14)7(3)9(8)12-5/h4,12,14H,2H2,1,3H3. The Morgan fingerprint density at radius 1 is 1.43 bits per heavy atom. The number of Topliss-reactive ketones (excluding diaryl/α,β-unsaturated/α-hetero) is 1. The van der Waals surface area contributed by atoms with Gasteiger partial charge in [0.2, 0.25) is 5.78 Å². The zero-order chi connectivity index (χ0) is 10.5. The quantitative estimate of drug-likeness (QED) is 0.615. The fraction of sp³-hybridized carbons (Fsp3) is 0.182. The molecule has 72 valence electrons. The molecule has 1 aromatic heterocycles. The average molecular weight is 189 g/mol. The van der Waals surface area contributed by atoms with E-state index in [1.807, 2.05) is 13.0 Å². The number of fused-ring (bicyclic) bond motifs is 1. The summed E-state index contributed by atoms with van der Waals surface area (Å²) in [5.74, 6) is -0.585. The Morgan fingerprint density at radius 3 is 2.71 bits per heavy atom. The van der Waals surface area contributed by atoms with Crippen molar-refractivity contribution in [1.29, 1.82) is 0 Å². The Bertz CT molecular complexity index is 477. The van der Waals surface area contributed by atoms with Crippen molar-refractivity contribution in [2.45, 2.75) is 13.8 Å². The summed E-state index contributed by atoms with van der Waals surface area (Å²) in [7, 11) is 0. The van der Waals surface area contributed by atoms with Gasteiger partial charge < -0.3 is 10.1 Å². The largest absolute Gasteiger partial charge is 0.504 e. The number of hydrogen-bond donors (Lipinski definition) is 2. The summed E-state index contributed by atoms with van der Waals surface area (Å²) in [6.07, 6.45) is 0. The number of H-pyrrole nitrogens is 1. The number of hydrogen-bond acceptors (Lipinski definition) is 2. The van der Waals surface area contributed by atoms with Crippen LogP contribution in [0.3, 0.4) is 0 Å². The molecule has 0 aromatic carbocycles. The first-order valence-corrected chi connectivity index (χ1v) is 4.36. The number of nitrogens with one attached hydrogen (secondary N) is 1. The van der Waals surface area contributed by atoms with Gasteiger partial charge in [0.05, 0.1) is 5.69 Å². The van der Waals surface area contributed by atoms with Gasteiger partial charge in [-0.05, 0) is 19.9 Å². The van der Waals surface area contributed by atoms with Crippen molar-refractivity contribution in [1.82, 2.24) is 4.98 Å². The smallest absolute Gasteiger partial charge is 0.227 e. The summed E-state index contributed by atoms with van der Waals surface area (Å²) in [5, 5.41) is 9.52. The van der Waals surface area contributed by atoms with Crippen molar-refractivity contribution in [3.63, 3.8) is 0 Å². The molecule has 0 aliphatic heterocycles. The van der Waals surface area contributed by atoms with E-state index in [1.165, 1.54) is 0 Å². The maximum Gasteiger partial charge on any atom is 0.227 e. The van der Waals surface area contributed by atoms with Crippen molar-refractivity contribution in [2.24, 2.45) is 0 Å². The number of aryl methyl sites for hydroxylation is 1. The summed E-state index contributed by atoms with van der Waals surface area (Å²) in [4.78, 5) is 14.6. The topological polar surface area (TPSA) is 53.1 Å². The molecule has 1 aromatic rings. The van der Waals surface area contributed by atoms with E-state index in [9.17, 15) is 9.90 Å². The van der Waals surface area contributed by atoms with Crippen molar-refractivity contribution < 1.29 is 9.90 Å². The zero-order valence-corrected chi connectivity index (χ0v) is 8.14. The number of aromatic amines is 1. The van der Waals surface area contributed by atoms with Crippen LogP contribution in [-0.4, -0.2) is 15.9 Å². The van der Waals surface area contributed by atoms with Gasteiger partial charge in [-0.25, -0.2) is 0 Å². The molecule has 0 radical (unpaired) electrons. The molecule has 0 amide bonds. The average Bonchev–Trinajstić information content (AvgIpc) is 2.54. The summed E-state index contributed by atoms with van der Waals surface area (Å²) >= 11 is 0. The Labute approximate surface area is 81.8 Å². The fourth-order valence-corrected chi connectivity index (χ4v) is 1.68. The van der Waals surface area contributed by atoms with Crippen molar-refractivity contribution in [3.05, 3.63) is 35.4 Å². The number of aliphatic hydroxyl groups excluding tert-OH is 1. The molecular formula is C11H11NO2. The molecule has 0 atom stereocenters. The van der Waals surface area contributed by atoms with Crippen LogP contribution in [0.1, 0.15) is 23.9 Å². The van der Waals surface area contributed by atoms with E-state index in [0.717, 1.165) is 17.0 Å². The van der Waals surface area contributed by atoms with E-state index in [4.69, 9.17) is 0 Å². The molecular weight excluding hydrogens is 178 g/mol. The molecule has 1 aliphatic carbocycles. The third kappa shape index (κ3) is 0.954. The van der Waals surface area contributed by atoms with Gasteiger partial charge in [0.15, 0.2) is 5.76 Å². The van der Waals surface area contributed by atoms with Crippen LogP contribution >= 0.6 is 0 Å². The van der Waals surface area contributed by atoms with Gasteiger partial charge >= 0.3 is 0 Å². The van der Waals surface area contributed by atoms with Crippen molar-refractivity contribution >= 4 is 16.9 Å². The molecule has 2 N–H and O–H groups in total. The number of carbonyl (C=O) groups is 1. The maximum absolute atomic E-state index is 11.5. The lowest BCUT2D eigenvalue weighted by molar-refractivity contribution is -0.112. The second-order valence-electron chi connectivity index (χ2n) is 3.52. The van der Waals surface area contributed by atoms with E-state index in [0.29, 0.717) is 11.1 Å². The molecule has 0 unspecified atom stereocenters. The molecule has 3 heteroatoms. The molecule has 0 saturated carbocycles. The van der Waals surface area contributed by atoms with E-state index in [1.54, 1.807) is 6.92 Å². The Morgan fingerprint density at radius 2 is 2.07 bits per heavy atom. The molecule has 2 rings (SSSR count). The zero-order valence-electron chi connectivity index (χ0n) is 8.14.